The Morgan fingerprint density at radius 3 is 2.62 bits per heavy atom. The summed E-state index contributed by atoms with van der Waals surface area (Å²) < 4.78 is 5.28. The van der Waals surface area contributed by atoms with Crippen LogP contribution in [-0.4, -0.2) is 54.7 Å². The van der Waals surface area contributed by atoms with Crippen molar-refractivity contribution in [2.75, 3.05) is 25.5 Å². The standard InChI is InChI=1S/C20H34N6O3/c1-6-7-9-16(13-24-19(28)29-20(2,3)4)26-18(21-5)23-14-17(27)25-15-10-8-11-22-12-15/h8,10-12,16H,6-7,9,13-14H2,1-5H3,(H,24,28)(H,25,27)(H2,21,23,26). The predicted octanol–water partition coefficient (Wildman–Crippen LogP) is 2.27. The second kappa shape index (κ2) is 12.6. The highest BCUT2D eigenvalue weighted by atomic mass is 16.6. The molecule has 0 saturated carbocycles. The zero-order chi connectivity index (χ0) is 21.7. The number of ether oxygens (including phenoxy) is 1. The highest BCUT2D eigenvalue weighted by Crippen LogP contribution is 2.07. The van der Waals surface area contributed by atoms with Gasteiger partial charge in [-0.2, -0.15) is 0 Å². The average Bonchev–Trinajstić information content (AvgIpc) is 2.66. The fourth-order valence-electron chi connectivity index (χ4n) is 2.39. The van der Waals surface area contributed by atoms with Gasteiger partial charge in [0.15, 0.2) is 5.96 Å². The summed E-state index contributed by atoms with van der Waals surface area (Å²) in [7, 11) is 1.63. The molecule has 162 valence electrons. The molecule has 0 radical (unpaired) electrons. The number of nitrogens with zero attached hydrogens (tertiary/aromatic N) is 2. The van der Waals surface area contributed by atoms with E-state index in [1.807, 2.05) is 20.8 Å². The van der Waals surface area contributed by atoms with Crippen molar-refractivity contribution < 1.29 is 14.3 Å². The Balaban J connectivity index is 2.51. The zero-order valence-electron chi connectivity index (χ0n) is 18.0. The number of anilines is 1. The summed E-state index contributed by atoms with van der Waals surface area (Å²) in [5, 5.41) is 11.8. The molecular weight excluding hydrogens is 372 g/mol. The Morgan fingerprint density at radius 2 is 2.03 bits per heavy atom. The van der Waals surface area contributed by atoms with Crippen LogP contribution >= 0.6 is 0 Å². The molecule has 1 rings (SSSR count). The van der Waals surface area contributed by atoms with E-state index in [0.717, 1.165) is 19.3 Å². The lowest BCUT2D eigenvalue weighted by Gasteiger charge is -2.24. The Labute approximate surface area is 173 Å². The minimum atomic E-state index is -0.546. The number of guanidine groups is 1. The highest BCUT2D eigenvalue weighted by Gasteiger charge is 2.18. The van der Waals surface area contributed by atoms with E-state index in [1.165, 1.54) is 0 Å². The van der Waals surface area contributed by atoms with Crippen LogP contribution in [0.15, 0.2) is 29.5 Å². The number of rotatable bonds is 9. The molecule has 1 atom stereocenters. The molecule has 0 aliphatic heterocycles. The molecule has 0 saturated heterocycles. The smallest absolute Gasteiger partial charge is 0.407 e. The number of carbonyl (C=O) groups is 2. The van der Waals surface area contributed by atoms with Gasteiger partial charge in [0.1, 0.15) is 5.60 Å². The summed E-state index contributed by atoms with van der Waals surface area (Å²) >= 11 is 0. The molecule has 4 N–H and O–H groups in total. The molecule has 1 heterocycles. The quantitative estimate of drug-likeness (QED) is 0.369. The third-order valence-corrected chi connectivity index (χ3v) is 3.72. The number of aromatic nitrogens is 1. The maximum atomic E-state index is 12.1. The van der Waals surface area contributed by atoms with E-state index in [4.69, 9.17) is 4.74 Å². The maximum absolute atomic E-state index is 12.1. The minimum Gasteiger partial charge on any atom is -0.444 e. The summed E-state index contributed by atoms with van der Waals surface area (Å²) in [6.45, 7) is 8.01. The molecule has 1 unspecified atom stereocenters. The van der Waals surface area contributed by atoms with Gasteiger partial charge in [-0.05, 0) is 39.3 Å². The molecule has 0 spiro atoms. The van der Waals surface area contributed by atoms with Gasteiger partial charge in [0.25, 0.3) is 0 Å². The van der Waals surface area contributed by atoms with Gasteiger partial charge >= 0.3 is 6.09 Å². The minimum absolute atomic E-state index is 0.0462. The van der Waals surface area contributed by atoms with Gasteiger partial charge in [0, 0.05) is 25.8 Å². The van der Waals surface area contributed by atoms with Crippen molar-refractivity contribution in [1.82, 2.24) is 20.9 Å². The third-order valence-electron chi connectivity index (χ3n) is 3.72. The molecule has 1 aromatic heterocycles. The molecule has 0 aliphatic rings. The number of nitrogens with one attached hydrogen (secondary N) is 4. The topological polar surface area (TPSA) is 117 Å². The van der Waals surface area contributed by atoms with Gasteiger partial charge in [0.05, 0.1) is 18.4 Å². The lowest BCUT2D eigenvalue weighted by Crippen LogP contribution is -2.50. The van der Waals surface area contributed by atoms with Gasteiger partial charge in [0.2, 0.25) is 5.91 Å². The van der Waals surface area contributed by atoms with Crippen molar-refractivity contribution in [1.29, 1.82) is 0 Å². The van der Waals surface area contributed by atoms with E-state index in [-0.39, 0.29) is 18.5 Å². The van der Waals surface area contributed by atoms with E-state index in [1.54, 1.807) is 31.6 Å². The molecule has 1 aromatic rings. The molecule has 9 nitrogen and oxygen atoms in total. The third kappa shape index (κ3) is 11.6. The van der Waals surface area contributed by atoms with Crippen molar-refractivity contribution in [3.8, 4) is 0 Å². The van der Waals surface area contributed by atoms with Crippen molar-refractivity contribution >= 4 is 23.6 Å². The van der Waals surface area contributed by atoms with Crippen LogP contribution in [0, 0.1) is 0 Å². The van der Waals surface area contributed by atoms with E-state index in [2.05, 4.69) is 38.2 Å². The first-order valence-electron chi connectivity index (χ1n) is 9.87. The van der Waals surface area contributed by atoms with Crippen LogP contribution in [0.2, 0.25) is 0 Å². The van der Waals surface area contributed by atoms with Crippen LogP contribution in [-0.2, 0) is 9.53 Å². The molecule has 9 heteroatoms. The Morgan fingerprint density at radius 1 is 1.28 bits per heavy atom. The number of aliphatic imine (C=N–C) groups is 1. The van der Waals surface area contributed by atoms with E-state index in [0.29, 0.717) is 18.2 Å². The van der Waals surface area contributed by atoms with E-state index >= 15 is 0 Å². The van der Waals surface area contributed by atoms with E-state index in [9.17, 15) is 9.59 Å². The number of pyridine rings is 1. The number of amides is 2. The number of alkyl carbamates (subject to hydrolysis) is 1. The van der Waals surface area contributed by atoms with Crippen molar-refractivity contribution in [2.24, 2.45) is 4.99 Å². The lowest BCUT2D eigenvalue weighted by atomic mass is 10.1. The molecule has 2 amide bonds. The Kier molecular flexibility index (Phi) is 10.5. The predicted molar refractivity (Wildman–Crippen MR) is 115 cm³/mol. The zero-order valence-corrected chi connectivity index (χ0v) is 18.0. The van der Waals surface area contributed by atoms with Gasteiger partial charge in [-0.25, -0.2) is 4.79 Å². The van der Waals surface area contributed by atoms with Crippen molar-refractivity contribution in [3.63, 3.8) is 0 Å². The number of hydrogen-bond acceptors (Lipinski definition) is 5. The molecule has 29 heavy (non-hydrogen) atoms. The Hall–Kier alpha value is -2.84. The van der Waals surface area contributed by atoms with Crippen LogP contribution in [0.5, 0.6) is 0 Å². The SMILES string of the molecule is CCCCC(CNC(=O)OC(C)(C)C)NC(=NC)NCC(=O)Nc1cccnc1. The van der Waals surface area contributed by atoms with E-state index < -0.39 is 11.7 Å². The molecular formula is C20H34N6O3. The van der Waals surface area contributed by atoms with Gasteiger partial charge < -0.3 is 26.0 Å². The van der Waals surface area contributed by atoms with Crippen LogP contribution < -0.4 is 21.3 Å². The van der Waals surface area contributed by atoms with Gasteiger partial charge in [-0.1, -0.05) is 19.8 Å². The van der Waals surface area contributed by atoms with Crippen LogP contribution in [0.25, 0.3) is 0 Å². The summed E-state index contributed by atoms with van der Waals surface area (Å²) in [5.74, 6) is 0.274. The summed E-state index contributed by atoms with van der Waals surface area (Å²) in [4.78, 5) is 32.1. The van der Waals surface area contributed by atoms with Gasteiger partial charge in [-0.15, -0.1) is 0 Å². The summed E-state index contributed by atoms with van der Waals surface area (Å²) in [6, 6.07) is 3.47. The second-order valence-electron chi connectivity index (χ2n) is 7.58. The number of unbranched alkanes of at least 4 members (excludes halogenated alkanes) is 1. The first-order chi connectivity index (χ1) is 13.7. The lowest BCUT2D eigenvalue weighted by molar-refractivity contribution is -0.115. The average molecular weight is 407 g/mol. The second-order valence-corrected chi connectivity index (χ2v) is 7.58. The molecule has 0 bridgehead atoms. The Bertz CT molecular complexity index is 658. The largest absolute Gasteiger partial charge is 0.444 e. The van der Waals surface area contributed by atoms with Crippen molar-refractivity contribution in [2.45, 2.75) is 58.6 Å². The normalized spacial score (nSPS) is 12.7. The fourth-order valence-corrected chi connectivity index (χ4v) is 2.39. The number of hydrogen-bond donors (Lipinski definition) is 4. The first-order valence-corrected chi connectivity index (χ1v) is 9.87. The van der Waals surface area contributed by atoms with Crippen LogP contribution in [0.1, 0.15) is 47.0 Å². The number of carbonyl (C=O) groups excluding carboxylic acids is 2. The summed E-state index contributed by atoms with van der Waals surface area (Å²) in [6.07, 6.45) is 5.63. The summed E-state index contributed by atoms with van der Waals surface area (Å²) in [5.41, 5.74) is 0.0833. The fraction of sp³-hybridized carbons (Fsp3) is 0.600. The molecule has 0 aromatic carbocycles. The monoisotopic (exact) mass is 406 g/mol. The van der Waals surface area contributed by atoms with Gasteiger partial charge in [-0.3, -0.25) is 14.8 Å². The maximum Gasteiger partial charge on any atom is 0.407 e. The first kappa shape index (κ1) is 24.2. The van der Waals surface area contributed by atoms with Crippen LogP contribution in [0.3, 0.4) is 0 Å². The van der Waals surface area contributed by atoms with Crippen molar-refractivity contribution in [3.05, 3.63) is 24.5 Å². The highest BCUT2D eigenvalue weighted by molar-refractivity contribution is 5.94. The van der Waals surface area contributed by atoms with Crippen LogP contribution in [0.4, 0.5) is 10.5 Å². The molecule has 0 aliphatic carbocycles. The molecule has 0 fully saturated rings.